The van der Waals surface area contributed by atoms with Crippen LogP contribution in [0.3, 0.4) is 0 Å². The monoisotopic (exact) mass is 332 g/mol. The Bertz CT molecular complexity index is 677. The van der Waals surface area contributed by atoms with Crippen LogP contribution in [0.4, 0.5) is 0 Å². The highest BCUT2D eigenvalue weighted by Gasteiger charge is 2.42. The highest BCUT2D eigenvalue weighted by atomic mass is 16.2. The summed E-state index contributed by atoms with van der Waals surface area (Å²) in [6.07, 6.45) is 10.1. The lowest BCUT2D eigenvalue weighted by molar-refractivity contribution is -0.135. The van der Waals surface area contributed by atoms with E-state index in [9.17, 15) is 9.59 Å². The van der Waals surface area contributed by atoms with Gasteiger partial charge in [-0.3, -0.25) is 9.36 Å². The molecule has 24 heavy (non-hydrogen) atoms. The van der Waals surface area contributed by atoms with E-state index in [1.165, 1.54) is 23.9 Å². The van der Waals surface area contributed by atoms with Gasteiger partial charge in [0.15, 0.2) is 0 Å². The van der Waals surface area contributed by atoms with E-state index < -0.39 is 0 Å². The van der Waals surface area contributed by atoms with Gasteiger partial charge in [-0.15, -0.1) is 0 Å². The second-order valence-electron chi connectivity index (χ2n) is 7.82. The maximum absolute atomic E-state index is 12.9. The van der Waals surface area contributed by atoms with E-state index in [2.05, 4.69) is 16.9 Å². The van der Waals surface area contributed by atoms with Crippen molar-refractivity contribution in [2.75, 3.05) is 0 Å². The van der Waals surface area contributed by atoms with Crippen LogP contribution in [0.15, 0.2) is 4.79 Å². The Morgan fingerprint density at radius 1 is 1.17 bits per heavy atom. The average molecular weight is 332 g/mol. The van der Waals surface area contributed by atoms with Crippen molar-refractivity contribution in [1.82, 2.24) is 19.2 Å². The van der Waals surface area contributed by atoms with E-state index in [0.29, 0.717) is 18.0 Å². The number of likely N-dealkylation sites (tertiary alicyclic amines) is 1. The Morgan fingerprint density at radius 2 is 2.00 bits per heavy atom. The molecule has 3 aliphatic rings. The standard InChI is InChI=1S/C18H28N4O2/c1-13-11-14-7-4-5-8-15(14)22(13)17(23)12-21-18(24)20-10-6-2-3-9-16(20)19-21/h13-15H,2-12H2,1H3/t13-,14+,15-/m1/s1. The number of rotatable bonds is 2. The molecule has 1 aromatic heterocycles. The van der Waals surface area contributed by atoms with E-state index in [0.717, 1.165) is 50.9 Å². The van der Waals surface area contributed by atoms with Gasteiger partial charge >= 0.3 is 5.69 Å². The molecule has 1 aromatic rings. The van der Waals surface area contributed by atoms with Crippen LogP contribution in [0.25, 0.3) is 0 Å². The van der Waals surface area contributed by atoms with Gasteiger partial charge < -0.3 is 4.90 Å². The summed E-state index contributed by atoms with van der Waals surface area (Å²) in [5.41, 5.74) is -0.104. The summed E-state index contributed by atoms with van der Waals surface area (Å²) in [5, 5.41) is 4.47. The Balaban J connectivity index is 1.53. The van der Waals surface area contributed by atoms with E-state index in [1.54, 1.807) is 4.57 Å². The maximum Gasteiger partial charge on any atom is 0.346 e. The zero-order valence-corrected chi connectivity index (χ0v) is 14.6. The van der Waals surface area contributed by atoms with Crippen LogP contribution in [0.5, 0.6) is 0 Å². The second-order valence-corrected chi connectivity index (χ2v) is 7.82. The van der Waals surface area contributed by atoms with Crippen molar-refractivity contribution in [2.45, 2.75) is 89.9 Å². The molecule has 6 nitrogen and oxygen atoms in total. The summed E-state index contributed by atoms with van der Waals surface area (Å²) in [6, 6.07) is 0.680. The predicted molar refractivity (Wildman–Crippen MR) is 90.7 cm³/mol. The van der Waals surface area contributed by atoms with Crippen molar-refractivity contribution in [2.24, 2.45) is 5.92 Å². The molecule has 0 radical (unpaired) electrons. The highest BCUT2D eigenvalue weighted by molar-refractivity contribution is 5.77. The fraction of sp³-hybridized carbons (Fsp3) is 0.833. The molecule has 3 heterocycles. The molecule has 132 valence electrons. The quantitative estimate of drug-likeness (QED) is 0.832. The zero-order valence-electron chi connectivity index (χ0n) is 14.6. The molecule has 1 saturated heterocycles. The first kappa shape index (κ1) is 15.9. The second kappa shape index (κ2) is 6.37. The van der Waals surface area contributed by atoms with Crippen LogP contribution in [0, 0.1) is 5.92 Å². The first-order chi connectivity index (χ1) is 11.6. The normalized spacial score (nSPS) is 29.9. The molecule has 1 amide bonds. The summed E-state index contributed by atoms with van der Waals surface area (Å²) in [6.45, 7) is 3.00. The minimum absolute atomic E-state index is 0.0762. The number of hydrogen-bond acceptors (Lipinski definition) is 3. The van der Waals surface area contributed by atoms with Crippen LogP contribution in [0.1, 0.15) is 64.1 Å². The molecule has 0 unspecified atom stereocenters. The SMILES string of the molecule is C[C@@H]1C[C@@H]2CCCC[C@H]2N1C(=O)Cn1nc2n(c1=O)CCCCC2. The lowest BCUT2D eigenvalue weighted by atomic mass is 9.85. The first-order valence-electron chi connectivity index (χ1n) is 9.63. The maximum atomic E-state index is 12.9. The van der Waals surface area contributed by atoms with Crippen molar-refractivity contribution in [3.63, 3.8) is 0 Å². The Labute approximate surface area is 142 Å². The van der Waals surface area contributed by atoms with Crippen molar-refractivity contribution >= 4 is 5.91 Å². The third kappa shape index (κ3) is 2.70. The molecule has 0 spiro atoms. The summed E-state index contributed by atoms with van der Waals surface area (Å²) < 4.78 is 3.18. The predicted octanol–water partition coefficient (Wildman–Crippen LogP) is 1.95. The summed E-state index contributed by atoms with van der Waals surface area (Å²) >= 11 is 0. The number of carbonyl (C=O) groups excluding carboxylic acids is 1. The fourth-order valence-electron chi connectivity index (χ4n) is 5.08. The molecular weight excluding hydrogens is 304 g/mol. The van der Waals surface area contributed by atoms with Gasteiger partial charge in [-0.1, -0.05) is 19.3 Å². The first-order valence-corrected chi connectivity index (χ1v) is 9.63. The number of aryl methyl sites for hydroxylation is 1. The van der Waals surface area contributed by atoms with Crippen LogP contribution < -0.4 is 5.69 Å². The minimum Gasteiger partial charge on any atom is -0.335 e. The lowest BCUT2D eigenvalue weighted by Gasteiger charge is -2.33. The van der Waals surface area contributed by atoms with Crippen molar-refractivity contribution in [3.05, 3.63) is 16.3 Å². The molecule has 6 heteroatoms. The van der Waals surface area contributed by atoms with Gasteiger partial charge in [0.05, 0.1) is 0 Å². The molecule has 0 N–H and O–H groups in total. The molecule has 2 fully saturated rings. The van der Waals surface area contributed by atoms with E-state index in [-0.39, 0.29) is 18.1 Å². The van der Waals surface area contributed by atoms with Gasteiger partial charge in [-0.05, 0) is 44.9 Å². The topological polar surface area (TPSA) is 60.1 Å². The average Bonchev–Trinajstić information content (AvgIpc) is 2.93. The third-order valence-electron chi connectivity index (χ3n) is 6.20. The van der Waals surface area contributed by atoms with Crippen molar-refractivity contribution in [3.8, 4) is 0 Å². The van der Waals surface area contributed by atoms with Crippen LogP contribution in [-0.4, -0.2) is 37.2 Å². The van der Waals surface area contributed by atoms with Gasteiger partial charge in [-0.2, -0.15) is 5.10 Å². The van der Waals surface area contributed by atoms with E-state index in [1.807, 2.05) is 0 Å². The fourth-order valence-corrected chi connectivity index (χ4v) is 5.08. The molecule has 1 aliphatic carbocycles. The van der Waals surface area contributed by atoms with E-state index in [4.69, 9.17) is 0 Å². The molecular formula is C18H28N4O2. The van der Waals surface area contributed by atoms with Crippen molar-refractivity contribution in [1.29, 1.82) is 0 Å². The molecule has 4 rings (SSSR count). The van der Waals surface area contributed by atoms with E-state index >= 15 is 0 Å². The number of aromatic nitrogens is 3. The van der Waals surface area contributed by atoms with Gasteiger partial charge in [0, 0.05) is 25.0 Å². The Morgan fingerprint density at radius 3 is 2.88 bits per heavy atom. The smallest absolute Gasteiger partial charge is 0.335 e. The molecule has 1 saturated carbocycles. The Hall–Kier alpha value is -1.59. The molecule has 2 aliphatic heterocycles. The number of nitrogens with zero attached hydrogens (tertiary/aromatic N) is 4. The van der Waals surface area contributed by atoms with Gasteiger partial charge in [-0.25, -0.2) is 9.48 Å². The number of hydrogen-bond donors (Lipinski definition) is 0. The lowest BCUT2D eigenvalue weighted by Crippen LogP contribution is -2.45. The number of carbonyl (C=O) groups is 1. The van der Waals surface area contributed by atoms with Gasteiger partial charge in [0.1, 0.15) is 12.4 Å². The van der Waals surface area contributed by atoms with Crippen LogP contribution in [-0.2, 0) is 24.3 Å². The largest absolute Gasteiger partial charge is 0.346 e. The number of amides is 1. The number of fused-ring (bicyclic) bond motifs is 2. The van der Waals surface area contributed by atoms with Crippen molar-refractivity contribution < 1.29 is 4.79 Å². The summed E-state index contributed by atoms with van der Waals surface area (Å²) in [4.78, 5) is 27.6. The molecule has 0 bridgehead atoms. The van der Waals surface area contributed by atoms with Crippen LogP contribution in [0.2, 0.25) is 0 Å². The summed E-state index contributed by atoms with van der Waals surface area (Å²) in [5.74, 6) is 1.59. The van der Waals surface area contributed by atoms with Gasteiger partial charge in [0.25, 0.3) is 0 Å². The zero-order chi connectivity index (χ0) is 16.7. The third-order valence-corrected chi connectivity index (χ3v) is 6.20. The minimum atomic E-state index is -0.104. The van der Waals surface area contributed by atoms with Gasteiger partial charge in [0.2, 0.25) is 5.91 Å². The molecule has 0 aromatic carbocycles. The highest BCUT2D eigenvalue weighted by Crippen LogP contribution is 2.39. The summed E-state index contributed by atoms with van der Waals surface area (Å²) in [7, 11) is 0. The van der Waals surface area contributed by atoms with Crippen LogP contribution >= 0.6 is 0 Å². The Kier molecular flexibility index (Phi) is 4.22. The molecule has 3 atom stereocenters.